The smallest absolute Gasteiger partial charge is 0.410 e. The maximum atomic E-state index is 12.0. The molecule has 0 N–H and O–H groups in total. The number of halogens is 1. The lowest BCUT2D eigenvalue weighted by Crippen LogP contribution is -2.40. The van der Waals surface area contributed by atoms with Gasteiger partial charge in [-0.3, -0.25) is 0 Å². The molecule has 118 valence electrons. The van der Waals surface area contributed by atoms with Crippen molar-refractivity contribution in [3.8, 4) is 0 Å². The van der Waals surface area contributed by atoms with Crippen LogP contribution in [0.1, 0.15) is 27.2 Å². The number of hydrogen-bond acceptors (Lipinski definition) is 5. The Morgan fingerprint density at radius 2 is 2.00 bits per heavy atom. The summed E-state index contributed by atoms with van der Waals surface area (Å²) in [4.78, 5) is 13.5. The number of hydrogen-bond donors (Lipinski definition) is 0. The zero-order valence-corrected chi connectivity index (χ0v) is 13.9. The first-order valence-electron chi connectivity index (χ1n) is 6.36. The molecule has 1 fully saturated rings. The second-order valence-corrected chi connectivity index (χ2v) is 9.05. The van der Waals surface area contributed by atoms with Crippen LogP contribution in [-0.4, -0.2) is 57.6 Å². The standard InChI is InChI=1S/C12H22ClNO5S/c1-11(2,3)19-10(15)14-6-5-12(7-14,8-18-4)9-20(13,16)17/h5-9H2,1-4H3. The summed E-state index contributed by atoms with van der Waals surface area (Å²) in [6.07, 6.45) is 0.0777. The summed E-state index contributed by atoms with van der Waals surface area (Å²) >= 11 is 0. The van der Waals surface area contributed by atoms with Gasteiger partial charge in [-0.15, -0.1) is 0 Å². The Kier molecular flexibility index (Phi) is 5.32. The molecule has 0 saturated carbocycles. The summed E-state index contributed by atoms with van der Waals surface area (Å²) in [6, 6.07) is 0. The molecular formula is C12H22ClNO5S. The SMILES string of the molecule is COCC1(CS(=O)(=O)Cl)CCN(C(=O)OC(C)(C)C)C1. The quantitative estimate of drug-likeness (QED) is 0.736. The number of ether oxygens (including phenoxy) is 2. The maximum absolute atomic E-state index is 12.0. The molecular weight excluding hydrogens is 306 g/mol. The van der Waals surface area contributed by atoms with Gasteiger partial charge in [0, 0.05) is 36.3 Å². The van der Waals surface area contributed by atoms with Crippen LogP contribution >= 0.6 is 10.7 Å². The van der Waals surface area contributed by atoms with Crippen molar-refractivity contribution in [2.24, 2.45) is 5.41 Å². The minimum absolute atomic E-state index is 0.214. The van der Waals surface area contributed by atoms with E-state index in [4.69, 9.17) is 20.2 Å². The first-order valence-corrected chi connectivity index (χ1v) is 8.83. The van der Waals surface area contributed by atoms with Crippen molar-refractivity contribution in [3.05, 3.63) is 0 Å². The predicted molar refractivity (Wildman–Crippen MR) is 76.4 cm³/mol. The van der Waals surface area contributed by atoms with E-state index in [0.29, 0.717) is 13.0 Å². The Bertz CT molecular complexity index is 459. The monoisotopic (exact) mass is 327 g/mol. The van der Waals surface area contributed by atoms with E-state index >= 15 is 0 Å². The summed E-state index contributed by atoms with van der Waals surface area (Å²) in [5, 5.41) is 0. The fraction of sp³-hybridized carbons (Fsp3) is 0.917. The van der Waals surface area contributed by atoms with Crippen LogP contribution in [0.5, 0.6) is 0 Å². The van der Waals surface area contributed by atoms with Gasteiger partial charge in [0.15, 0.2) is 0 Å². The van der Waals surface area contributed by atoms with Crippen LogP contribution in [0.3, 0.4) is 0 Å². The predicted octanol–water partition coefficient (Wildman–Crippen LogP) is 1.83. The van der Waals surface area contributed by atoms with Crippen LogP contribution in [0.15, 0.2) is 0 Å². The van der Waals surface area contributed by atoms with E-state index in [1.807, 2.05) is 0 Å². The second-order valence-electron chi connectivity index (χ2n) is 6.27. The van der Waals surface area contributed by atoms with E-state index in [0.717, 1.165) is 0 Å². The van der Waals surface area contributed by atoms with Crippen LogP contribution in [0.25, 0.3) is 0 Å². The lowest BCUT2D eigenvalue weighted by atomic mass is 9.91. The zero-order valence-electron chi connectivity index (χ0n) is 12.3. The lowest BCUT2D eigenvalue weighted by molar-refractivity contribution is 0.0250. The maximum Gasteiger partial charge on any atom is 0.410 e. The number of carbonyl (C=O) groups excluding carboxylic acids is 1. The van der Waals surface area contributed by atoms with Gasteiger partial charge in [0.1, 0.15) is 5.60 Å². The molecule has 6 nitrogen and oxygen atoms in total. The van der Waals surface area contributed by atoms with E-state index in [9.17, 15) is 13.2 Å². The Morgan fingerprint density at radius 3 is 2.45 bits per heavy atom. The molecule has 0 radical (unpaired) electrons. The molecule has 1 unspecified atom stereocenters. The molecule has 1 atom stereocenters. The Balaban J connectivity index is 2.77. The minimum Gasteiger partial charge on any atom is -0.444 e. The molecule has 1 rings (SSSR count). The first kappa shape index (κ1) is 17.5. The van der Waals surface area contributed by atoms with Crippen molar-refractivity contribution in [1.29, 1.82) is 0 Å². The van der Waals surface area contributed by atoms with E-state index in [1.165, 1.54) is 12.0 Å². The van der Waals surface area contributed by atoms with Gasteiger partial charge in [0.25, 0.3) is 0 Å². The average Bonchev–Trinajstić information content (AvgIpc) is 2.57. The molecule has 1 aliphatic rings. The van der Waals surface area contributed by atoms with Gasteiger partial charge < -0.3 is 14.4 Å². The van der Waals surface area contributed by atoms with E-state index in [-0.39, 0.29) is 18.9 Å². The van der Waals surface area contributed by atoms with Gasteiger partial charge in [-0.2, -0.15) is 0 Å². The van der Waals surface area contributed by atoms with Gasteiger partial charge >= 0.3 is 6.09 Å². The van der Waals surface area contributed by atoms with Gasteiger partial charge in [-0.05, 0) is 27.2 Å². The van der Waals surface area contributed by atoms with Crippen molar-refractivity contribution in [2.75, 3.05) is 32.6 Å². The number of carbonyl (C=O) groups is 1. The van der Waals surface area contributed by atoms with Crippen LogP contribution in [0.4, 0.5) is 4.79 Å². The summed E-state index contributed by atoms with van der Waals surface area (Å²) < 4.78 is 33.1. The number of amides is 1. The van der Waals surface area contributed by atoms with Crippen LogP contribution in [-0.2, 0) is 18.5 Å². The minimum atomic E-state index is -3.66. The summed E-state index contributed by atoms with van der Waals surface area (Å²) in [7, 11) is 3.19. The molecule has 0 aromatic carbocycles. The third-order valence-corrected chi connectivity index (χ3v) is 4.30. The van der Waals surface area contributed by atoms with Crippen molar-refractivity contribution in [3.63, 3.8) is 0 Å². The topological polar surface area (TPSA) is 72.9 Å². The number of nitrogens with zero attached hydrogens (tertiary/aromatic N) is 1. The van der Waals surface area contributed by atoms with Gasteiger partial charge in [0.05, 0.1) is 12.4 Å². The molecule has 0 aromatic heterocycles. The molecule has 0 spiro atoms. The van der Waals surface area contributed by atoms with Crippen LogP contribution in [0, 0.1) is 5.41 Å². The Morgan fingerprint density at radius 1 is 1.40 bits per heavy atom. The van der Waals surface area contributed by atoms with Crippen molar-refractivity contribution in [2.45, 2.75) is 32.8 Å². The van der Waals surface area contributed by atoms with Gasteiger partial charge in [-0.1, -0.05) is 0 Å². The fourth-order valence-corrected chi connectivity index (χ4v) is 4.11. The molecule has 1 aliphatic heterocycles. The third-order valence-electron chi connectivity index (χ3n) is 3.02. The fourth-order valence-electron chi connectivity index (χ4n) is 2.37. The number of rotatable bonds is 4. The van der Waals surface area contributed by atoms with E-state index in [2.05, 4.69) is 0 Å². The lowest BCUT2D eigenvalue weighted by Gasteiger charge is -2.28. The molecule has 1 heterocycles. The molecule has 20 heavy (non-hydrogen) atoms. The van der Waals surface area contributed by atoms with E-state index in [1.54, 1.807) is 20.8 Å². The highest BCUT2D eigenvalue weighted by atomic mass is 35.7. The summed E-state index contributed by atoms with van der Waals surface area (Å²) in [6.45, 7) is 6.29. The second kappa shape index (κ2) is 6.07. The highest BCUT2D eigenvalue weighted by Crippen LogP contribution is 2.34. The zero-order chi connectivity index (χ0) is 15.6. The average molecular weight is 328 g/mol. The van der Waals surface area contributed by atoms with Crippen molar-refractivity contribution < 1.29 is 22.7 Å². The van der Waals surface area contributed by atoms with Crippen LogP contribution < -0.4 is 0 Å². The van der Waals surface area contributed by atoms with Gasteiger partial charge in [-0.25, -0.2) is 13.2 Å². The Labute approximate surface area is 124 Å². The highest BCUT2D eigenvalue weighted by molar-refractivity contribution is 8.13. The molecule has 1 saturated heterocycles. The molecule has 0 bridgehead atoms. The number of likely N-dealkylation sites (tertiary alicyclic amines) is 1. The first-order chi connectivity index (χ1) is 8.96. The molecule has 8 heteroatoms. The Hall–Kier alpha value is -0.530. The highest BCUT2D eigenvalue weighted by Gasteiger charge is 2.44. The van der Waals surface area contributed by atoms with Crippen molar-refractivity contribution >= 4 is 25.8 Å². The summed E-state index contributed by atoms with van der Waals surface area (Å²) in [5.74, 6) is -0.214. The third kappa shape index (κ3) is 5.46. The normalized spacial score (nSPS) is 23.9. The van der Waals surface area contributed by atoms with E-state index < -0.39 is 26.2 Å². The largest absolute Gasteiger partial charge is 0.444 e. The number of methoxy groups -OCH3 is 1. The summed E-state index contributed by atoms with van der Waals surface area (Å²) in [5.41, 5.74) is -1.24. The molecule has 1 amide bonds. The van der Waals surface area contributed by atoms with Crippen molar-refractivity contribution in [1.82, 2.24) is 4.90 Å². The molecule has 0 aromatic rings. The van der Waals surface area contributed by atoms with Crippen LogP contribution in [0.2, 0.25) is 0 Å². The van der Waals surface area contributed by atoms with Gasteiger partial charge in [0.2, 0.25) is 9.05 Å². The molecule has 0 aliphatic carbocycles.